The van der Waals surface area contributed by atoms with Crippen LogP contribution in [0.5, 0.6) is 0 Å². The zero-order valence-electron chi connectivity index (χ0n) is 14.8. The van der Waals surface area contributed by atoms with Gasteiger partial charge in [-0.25, -0.2) is 4.39 Å². The molecule has 2 aromatic carbocycles. The van der Waals surface area contributed by atoms with E-state index in [1.54, 1.807) is 19.1 Å². The molecule has 0 fully saturated rings. The largest absolute Gasteiger partial charge is 0.398 e. The van der Waals surface area contributed by atoms with Gasteiger partial charge in [-0.1, -0.05) is 18.2 Å². The van der Waals surface area contributed by atoms with Crippen LogP contribution in [-0.2, 0) is 0 Å². The number of nitrogen functional groups attached to an aromatic ring is 1. The van der Waals surface area contributed by atoms with Crippen molar-refractivity contribution in [3.63, 3.8) is 0 Å². The molecule has 4 heteroatoms. The van der Waals surface area contributed by atoms with E-state index in [-0.39, 0.29) is 5.82 Å². The standard InChI is InChI=1S/C22H22FN3/c1-14-10-15(6-8-21(14)23)19-5-3-2-4-18(25)12-20(19)16-7-9-22(26)17(11-16)13-24/h2,4,6-11,13,24-25H,3,5,12,26H2,1H3/b4-2+,20-19?,24-13?,25-18?. The smallest absolute Gasteiger partial charge is 0.126 e. The Balaban J connectivity index is 2.21. The Morgan fingerprint density at radius 3 is 2.54 bits per heavy atom. The minimum Gasteiger partial charge on any atom is -0.398 e. The maximum absolute atomic E-state index is 13.7. The van der Waals surface area contributed by atoms with Gasteiger partial charge in [-0.3, -0.25) is 0 Å². The third-order valence-electron chi connectivity index (χ3n) is 4.71. The third-order valence-corrected chi connectivity index (χ3v) is 4.71. The Morgan fingerprint density at radius 2 is 1.81 bits per heavy atom. The molecule has 1 aliphatic rings. The van der Waals surface area contributed by atoms with Gasteiger partial charge in [0, 0.05) is 29.6 Å². The molecule has 132 valence electrons. The first-order valence-corrected chi connectivity index (χ1v) is 8.62. The van der Waals surface area contributed by atoms with Crippen molar-refractivity contribution in [2.24, 2.45) is 0 Å². The minimum atomic E-state index is -0.215. The first kappa shape index (κ1) is 17.8. The van der Waals surface area contributed by atoms with Crippen LogP contribution in [0.3, 0.4) is 0 Å². The molecule has 0 saturated heterocycles. The third kappa shape index (κ3) is 3.64. The van der Waals surface area contributed by atoms with E-state index >= 15 is 0 Å². The highest BCUT2D eigenvalue weighted by atomic mass is 19.1. The molecule has 0 saturated carbocycles. The van der Waals surface area contributed by atoms with Crippen molar-refractivity contribution >= 4 is 28.8 Å². The molecule has 1 aliphatic carbocycles. The van der Waals surface area contributed by atoms with Crippen LogP contribution in [-0.4, -0.2) is 11.9 Å². The summed E-state index contributed by atoms with van der Waals surface area (Å²) in [6, 6.07) is 10.8. The second kappa shape index (κ2) is 7.48. The molecule has 0 bridgehead atoms. The van der Waals surface area contributed by atoms with E-state index in [9.17, 15) is 4.39 Å². The number of benzene rings is 2. The van der Waals surface area contributed by atoms with Gasteiger partial charge < -0.3 is 16.6 Å². The van der Waals surface area contributed by atoms with E-state index in [1.165, 1.54) is 12.3 Å². The number of halogens is 1. The van der Waals surface area contributed by atoms with Crippen LogP contribution in [0.4, 0.5) is 10.1 Å². The van der Waals surface area contributed by atoms with Crippen molar-refractivity contribution in [1.82, 2.24) is 0 Å². The highest BCUT2D eigenvalue weighted by molar-refractivity contribution is 6.06. The molecule has 3 nitrogen and oxygen atoms in total. The van der Waals surface area contributed by atoms with Crippen LogP contribution >= 0.6 is 0 Å². The SMILES string of the molecule is Cc1cc(C2=C(c3ccc(N)c(C=N)c3)CC(=N)/C=C/CC2)ccc1F. The van der Waals surface area contributed by atoms with Crippen molar-refractivity contribution in [3.8, 4) is 0 Å². The van der Waals surface area contributed by atoms with Gasteiger partial charge in [-0.05, 0) is 77.9 Å². The van der Waals surface area contributed by atoms with Gasteiger partial charge in [0.15, 0.2) is 0 Å². The van der Waals surface area contributed by atoms with E-state index in [0.717, 1.165) is 35.1 Å². The van der Waals surface area contributed by atoms with Gasteiger partial charge in [0.2, 0.25) is 0 Å². The fourth-order valence-electron chi connectivity index (χ4n) is 3.27. The molecule has 0 amide bonds. The fourth-order valence-corrected chi connectivity index (χ4v) is 3.27. The number of anilines is 1. The minimum absolute atomic E-state index is 0.215. The van der Waals surface area contributed by atoms with Crippen molar-refractivity contribution in [1.29, 1.82) is 10.8 Å². The van der Waals surface area contributed by atoms with Gasteiger partial charge in [0.05, 0.1) is 0 Å². The molecule has 0 radical (unpaired) electrons. The second-order valence-corrected chi connectivity index (χ2v) is 6.55. The predicted molar refractivity (Wildman–Crippen MR) is 107 cm³/mol. The summed E-state index contributed by atoms with van der Waals surface area (Å²) in [5.41, 5.74) is 12.4. The number of nitrogens with one attached hydrogen (secondary N) is 2. The topological polar surface area (TPSA) is 73.7 Å². The fraction of sp³-hybridized carbons (Fsp3) is 0.182. The molecule has 26 heavy (non-hydrogen) atoms. The lowest BCUT2D eigenvalue weighted by molar-refractivity contribution is 0.618. The molecule has 2 aromatic rings. The average molecular weight is 347 g/mol. The van der Waals surface area contributed by atoms with Crippen molar-refractivity contribution < 1.29 is 4.39 Å². The Bertz CT molecular complexity index is 938. The van der Waals surface area contributed by atoms with E-state index in [0.29, 0.717) is 28.9 Å². The lowest BCUT2D eigenvalue weighted by Crippen LogP contribution is -2.03. The maximum atomic E-state index is 13.7. The van der Waals surface area contributed by atoms with E-state index < -0.39 is 0 Å². The summed E-state index contributed by atoms with van der Waals surface area (Å²) < 4.78 is 13.7. The first-order chi connectivity index (χ1) is 12.5. The summed E-state index contributed by atoms with van der Waals surface area (Å²) in [6.45, 7) is 1.76. The molecule has 0 heterocycles. The molecular weight excluding hydrogens is 325 g/mol. The zero-order chi connectivity index (χ0) is 18.7. The normalized spacial score (nSPS) is 16.2. The number of nitrogens with two attached hydrogens (primary N) is 1. The first-order valence-electron chi connectivity index (χ1n) is 8.62. The van der Waals surface area contributed by atoms with E-state index in [2.05, 4.69) is 0 Å². The zero-order valence-corrected chi connectivity index (χ0v) is 14.8. The summed E-state index contributed by atoms with van der Waals surface area (Å²) in [5, 5.41) is 15.8. The summed E-state index contributed by atoms with van der Waals surface area (Å²) in [5.74, 6) is -0.215. The summed E-state index contributed by atoms with van der Waals surface area (Å²) in [4.78, 5) is 0. The van der Waals surface area contributed by atoms with Crippen molar-refractivity contribution in [2.75, 3.05) is 5.73 Å². The maximum Gasteiger partial charge on any atom is 0.126 e. The highest BCUT2D eigenvalue weighted by Gasteiger charge is 2.16. The molecule has 0 aromatic heterocycles. The molecule has 0 unspecified atom stereocenters. The molecular formula is C22H22FN3. The number of allylic oxidation sites excluding steroid dienone is 4. The number of aryl methyl sites for hydroxylation is 1. The summed E-state index contributed by atoms with van der Waals surface area (Å²) >= 11 is 0. The molecule has 4 N–H and O–H groups in total. The van der Waals surface area contributed by atoms with Crippen LogP contribution in [0.25, 0.3) is 11.1 Å². The lowest BCUT2D eigenvalue weighted by Gasteiger charge is -2.19. The van der Waals surface area contributed by atoms with Gasteiger partial charge in [-0.15, -0.1) is 0 Å². The average Bonchev–Trinajstić information content (AvgIpc) is 2.61. The Kier molecular flexibility index (Phi) is 5.12. The quantitative estimate of drug-likeness (QED) is 0.506. The van der Waals surface area contributed by atoms with Gasteiger partial charge in [0.25, 0.3) is 0 Å². The number of hydrogen-bond acceptors (Lipinski definition) is 3. The Hall–Kier alpha value is -3.01. The molecule has 0 atom stereocenters. The molecule has 0 aliphatic heterocycles. The predicted octanol–water partition coefficient (Wildman–Crippen LogP) is 5.38. The van der Waals surface area contributed by atoms with Gasteiger partial charge in [-0.2, -0.15) is 0 Å². The monoisotopic (exact) mass is 347 g/mol. The molecule has 3 rings (SSSR count). The van der Waals surface area contributed by atoms with E-state index in [1.807, 2.05) is 30.4 Å². The van der Waals surface area contributed by atoms with Crippen LogP contribution in [0, 0.1) is 23.6 Å². The lowest BCUT2D eigenvalue weighted by atomic mass is 9.86. The van der Waals surface area contributed by atoms with Crippen LogP contribution in [0.2, 0.25) is 0 Å². The molecule has 0 spiro atoms. The van der Waals surface area contributed by atoms with Crippen molar-refractivity contribution in [2.45, 2.75) is 26.2 Å². The highest BCUT2D eigenvalue weighted by Crippen LogP contribution is 2.35. The van der Waals surface area contributed by atoms with Crippen LogP contribution in [0.15, 0.2) is 48.6 Å². The Morgan fingerprint density at radius 1 is 1.08 bits per heavy atom. The van der Waals surface area contributed by atoms with Gasteiger partial charge >= 0.3 is 0 Å². The van der Waals surface area contributed by atoms with E-state index in [4.69, 9.17) is 16.6 Å². The van der Waals surface area contributed by atoms with Crippen LogP contribution < -0.4 is 5.73 Å². The Labute approximate surface area is 153 Å². The number of rotatable bonds is 3. The van der Waals surface area contributed by atoms with Gasteiger partial charge in [0.1, 0.15) is 5.82 Å². The number of hydrogen-bond donors (Lipinski definition) is 3. The van der Waals surface area contributed by atoms with Crippen molar-refractivity contribution in [3.05, 3.63) is 76.6 Å². The summed E-state index contributed by atoms with van der Waals surface area (Å²) in [6.07, 6.45) is 7.24. The van der Waals surface area contributed by atoms with Crippen LogP contribution in [0.1, 0.15) is 41.5 Å². The summed E-state index contributed by atoms with van der Waals surface area (Å²) in [7, 11) is 0. The second-order valence-electron chi connectivity index (χ2n) is 6.55.